The maximum absolute atomic E-state index is 12.8. The third-order valence-corrected chi connectivity index (χ3v) is 3.05. The van der Waals surface area contributed by atoms with Gasteiger partial charge in [0.15, 0.2) is 0 Å². The van der Waals surface area contributed by atoms with Crippen LogP contribution in [0.5, 0.6) is 0 Å². The van der Waals surface area contributed by atoms with E-state index >= 15 is 0 Å². The minimum atomic E-state index is -0.469. The minimum absolute atomic E-state index is 0.264. The van der Waals surface area contributed by atoms with Gasteiger partial charge in [0.05, 0.1) is 24.6 Å². The molecule has 0 fully saturated rings. The summed E-state index contributed by atoms with van der Waals surface area (Å²) in [6, 6.07) is 12.0. The van der Waals surface area contributed by atoms with E-state index in [1.54, 1.807) is 17.1 Å². The van der Waals surface area contributed by atoms with Crippen molar-refractivity contribution < 1.29 is 9.18 Å². The number of aromatic nitrogens is 3. The molecule has 6 nitrogen and oxygen atoms in total. The predicted octanol–water partition coefficient (Wildman–Crippen LogP) is 3.11. The van der Waals surface area contributed by atoms with Crippen molar-refractivity contribution in [3.05, 3.63) is 72.4 Å². The van der Waals surface area contributed by atoms with Crippen LogP contribution >= 0.6 is 0 Å². The number of carbonyl (C=O) groups excluding carboxylic acids is 1. The number of amides is 2. The van der Waals surface area contributed by atoms with Crippen molar-refractivity contribution in [3.63, 3.8) is 0 Å². The van der Waals surface area contributed by atoms with E-state index in [0.717, 1.165) is 11.8 Å². The van der Waals surface area contributed by atoms with Crippen molar-refractivity contribution in [1.29, 1.82) is 0 Å². The number of nitrogens with zero attached hydrogens (tertiary/aromatic N) is 3. The first-order chi connectivity index (χ1) is 11.2. The van der Waals surface area contributed by atoms with Crippen LogP contribution in [0.15, 0.2) is 61.1 Å². The van der Waals surface area contributed by atoms with E-state index in [4.69, 9.17) is 0 Å². The predicted molar refractivity (Wildman–Crippen MR) is 84.6 cm³/mol. The van der Waals surface area contributed by atoms with Crippen LogP contribution in [0, 0.1) is 5.82 Å². The fourth-order valence-electron chi connectivity index (χ4n) is 2.01. The molecule has 2 amide bonds. The number of pyridine rings is 1. The van der Waals surface area contributed by atoms with Gasteiger partial charge in [-0.2, -0.15) is 5.10 Å². The zero-order valence-corrected chi connectivity index (χ0v) is 12.1. The highest BCUT2D eigenvalue weighted by molar-refractivity contribution is 5.98. The molecule has 2 heterocycles. The molecule has 0 saturated heterocycles. The summed E-state index contributed by atoms with van der Waals surface area (Å²) >= 11 is 0. The highest BCUT2D eigenvalue weighted by atomic mass is 19.1. The average Bonchev–Trinajstić information content (AvgIpc) is 2.97. The number of hydrogen-bond donors (Lipinski definition) is 2. The van der Waals surface area contributed by atoms with Gasteiger partial charge in [-0.3, -0.25) is 10.00 Å². The van der Waals surface area contributed by atoms with Crippen LogP contribution in [0.3, 0.4) is 0 Å². The van der Waals surface area contributed by atoms with Crippen molar-refractivity contribution in [2.45, 2.75) is 6.54 Å². The lowest BCUT2D eigenvalue weighted by Crippen LogP contribution is -2.19. The highest BCUT2D eigenvalue weighted by Crippen LogP contribution is 2.09. The second-order valence-electron chi connectivity index (χ2n) is 4.85. The standard InChI is InChI=1S/C16H14FN5O/c17-13-6-7-15(18-8-13)21-16(23)20-14-9-19-22(11-14)10-12-4-2-1-3-5-12/h1-9,11H,10H2,(H2,18,20,21,23). The molecule has 0 radical (unpaired) electrons. The average molecular weight is 311 g/mol. The molecule has 7 heteroatoms. The van der Waals surface area contributed by atoms with Crippen molar-refractivity contribution >= 4 is 17.5 Å². The quantitative estimate of drug-likeness (QED) is 0.777. The summed E-state index contributed by atoms with van der Waals surface area (Å²) in [7, 11) is 0. The summed E-state index contributed by atoms with van der Waals surface area (Å²) in [4.78, 5) is 15.6. The lowest BCUT2D eigenvalue weighted by molar-refractivity contribution is 0.262. The van der Waals surface area contributed by atoms with E-state index in [1.165, 1.54) is 12.1 Å². The molecule has 2 aromatic heterocycles. The molecule has 3 rings (SSSR count). The number of carbonyl (C=O) groups is 1. The van der Waals surface area contributed by atoms with Gasteiger partial charge in [0.1, 0.15) is 11.6 Å². The number of anilines is 2. The molecule has 0 bridgehead atoms. The number of benzene rings is 1. The van der Waals surface area contributed by atoms with Crippen LogP contribution in [-0.4, -0.2) is 20.8 Å². The Hall–Kier alpha value is -3.22. The maximum atomic E-state index is 12.8. The Balaban J connectivity index is 1.58. The Morgan fingerprint density at radius 3 is 2.65 bits per heavy atom. The molecule has 0 atom stereocenters. The zero-order valence-electron chi connectivity index (χ0n) is 12.1. The normalized spacial score (nSPS) is 10.3. The molecule has 0 aliphatic carbocycles. The Kier molecular flexibility index (Phi) is 4.28. The molecule has 0 spiro atoms. The second-order valence-corrected chi connectivity index (χ2v) is 4.85. The Morgan fingerprint density at radius 1 is 1.09 bits per heavy atom. The summed E-state index contributed by atoms with van der Waals surface area (Å²) in [6.45, 7) is 0.615. The van der Waals surface area contributed by atoms with E-state index in [2.05, 4.69) is 20.7 Å². The number of urea groups is 1. The van der Waals surface area contributed by atoms with Gasteiger partial charge in [-0.1, -0.05) is 30.3 Å². The van der Waals surface area contributed by atoms with Crippen molar-refractivity contribution in [1.82, 2.24) is 14.8 Å². The SMILES string of the molecule is O=C(Nc1cnn(Cc2ccccc2)c1)Nc1ccc(F)cn1. The van der Waals surface area contributed by atoms with Crippen molar-refractivity contribution in [2.24, 2.45) is 0 Å². The Bertz CT molecular complexity index is 786. The molecule has 0 saturated carbocycles. The molecule has 3 aromatic rings. The molecule has 1 aromatic carbocycles. The highest BCUT2D eigenvalue weighted by Gasteiger charge is 2.06. The van der Waals surface area contributed by atoms with Crippen LogP contribution in [0.25, 0.3) is 0 Å². The van der Waals surface area contributed by atoms with Gasteiger partial charge < -0.3 is 5.32 Å². The van der Waals surface area contributed by atoms with E-state index in [0.29, 0.717) is 12.2 Å². The molecular weight excluding hydrogens is 297 g/mol. The smallest absolute Gasteiger partial charge is 0.305 e. The summed E-state index contributed by atoms with van der Waals surface area (Å²) in [5.74, 6) is -0.196. The van der Waals surface area contributed by atoms with E-state index in [-0.39, 0.29) is 5.82 Å². The Labute approximate surface area is 132 Å². The zero-order chi connectivity index (χ0) is 16.1. The van der Waals surface area contributed by atoms with E-state index in [9.17, 15) is 9.18 Å². The monoisotopic (exact) mass is 311 g/mol. The molecule has 2 N–H and O–H groups in total. The van der Waals surface area contributed by atoms with Crippen LogP contribution in [-0.2, 0) is 6.54 Å². The number of halogens is 1. The topological polar surface area (TPSA) is 71.8 Å². The largest absolute Gasteiger partial charge is 0.324 e. The third kappa shape index (κ3) is 4.13. The number of rotatable bonds is 4. The summed E-state index contributed by atoms with van der Waals surface area (Å²) in [5, 5.41) is 9.35. The van der Waals surface area contributed by atoms with E-state index in [1.807, 2.05) is 30.3 Å². The summed E-state index contributed by atoms with van der Waals surface area (Å²) < 4.78 is 14.5. The molecule has 0 aliphatic heterocycles. The number of nitrogens with one attached hydrogen (secondary N) is 2. The van der Waals surface area contributed by atoms with Crippen LogP contribution in [0.2, 0.25) is 0 Å². The van der Waals surface area contributed by atoms with Gasteiger partial charge in [0, 0.05) is 6.20 Å². The van der Waals surface area contributed by atoms with Gasteiger partial charge in [0.2, 0.25) is 0 Å². The molecular formula is C16H14FN5O. The third-order valence-electron chi connectivity index (χ3n) is 3.05. The van der Waals surface area contributed by atoms with Gasteiger partial charge in [-0.15, -0.1) is 0 Å². The van der Waals surface area contributed by atoms with Crippen molar-refractivity contribution in [2.75, 3.05) is 10.6 Å². The molecule has 23 heavy (non-hydrogen) atoms. The molecule has 0 unspecified atom stereocenters. The lowest BCUT2D eigenvalue weighted by atomic mass is 10.2. The van der Waals surface area contributed by atoms with Crippen molar-refractivity contribution in [3.8, 4) is 0 Å². The van der Waals surface area contributed by atoms with E-state index < -0.39 is 11.8 Å². The number of hydrogen-bond acceptors (Lipinski definition) is 3. The van der Waals surface area contributed by atoms with Crippen LogP contribution in [0.1, 0.15) is 5.56 Å². The molecule has 0 aliphatic rings. The summed E-state index contributed by atoms with van der Waals surface area (Å²) in [5.41, 5.74) is 1.67. The fraction of sp³-hybridized carbons (Fsp3) is 0.0625. The summed E-state index contributed by atoms with van der Waals surface area (Å²) in [6.07, 6.45) is 4.32. The first-order valence-electron chi connectivity index (χ1n) is 6.95. The Morgan fingerprint density at radius 2 is 1.91 bits per heavy atom. The van der Waals surface area contributed by atoms with Gasteiger partial charge in [-0.25, -0.2) is 14.2 Å². The van der Waals surface area contributed by atoms with Crippen LogP contribution < -0.4 is 10.6 Å². The minimum Gasteiger partial charge on any atom is -0.305 e. The first-order valence-corrected chi connectivity index (χ1v) is 6.95. The van der Waals surface area contributed by atoms with Gasteiger partial charge in [-0.05, 0) is 17.7 Å². The first kappa shape index (κ1) is 14.7. The molecule has 116 valence electrons. The van der Waals surface area contributed by atoms with Gasteiger partial charge in [0.25, 0.3) is 0 Å². The fourth-order valence-corrected chi connectivity index (χ4v) is 2.01. The van der Waals surface area contributed by atoms with Crippen LogP contribution in [0.4, 0.5) is 20.7 Å². The lowest BCUT2D eigenvalue weighted by Gasteiger charge is -2.04. The maximum Gasteiger partial charge on any atom is 0.324 e. The second kappa shape index (κ2) is 6.69. The van der Waals surface area contributed by atoms with Gasteiger partial charge >= 0.3 is 6.03 Å².